The maximum Gasteiger partial charge on any atom is 0.416 e. The molecular formula is C24H28Cl2F3N3O4S. The summed E-state index contributed by atoms with van der Waals surface area (Å²) in [5, 5.41) is 2.76. The third-order valence-corrected chi connectivity index (χ3v) is 7.15. The molecule has 0 bridgehead atoms. The maximum atomic E-state index is 13.6. The van der Waals surface area contributed by atoms with Gasteiger partial charge in [-0.15, -0.1) is 0 Å². The number of hydrogen-bond acceptors (Lipinski definition) is 4. The van der Waals surface area contributed by atoms with Gasteiger partial charge >= 0.3 is 6.18 Å². The van der Waals surface area contributed by atoms with E-state index in [0.717, 1.165) is 12.3 Å². The first-order valence-corrected chi connectivity index (χ1v) is 13.8. The van der Waals surface area contributed by atoms with Gasteiger partial charge in [0.15, 0.2) is 0 Å². The Morgan fingerprint density at radius 3 is 2.19 bits per heavy atom. The number of sulfonamides is 1. The molecule has 204 valence electrons. The third kappa shape index (κ3) is 8.24. The van der Waals surface area contributed by atoms with Gasteiger partial charge in [0.1, 0.15) is 12.6 Å². The number of benzene rings is 2. The highest BCUT2D eigenvalue weighted by Crippen LogP contribution is 2.36. The van der Waals surface area contributed by atoms with Crippen LogP contribution in [0.3, 0.4) is 0 Å². The summed E-state index contributed by atoms with van der Waals surface area (Å²) in [7, 11) is -4.28. The first kappa shape index (κ1) is 30.7. The second kappa shape index (κ2) is 12.4. The number of rotatable bonds is 10. The van der Waals surface area contributed by atoms with Crippen LogP contribution in [0.5, 0.6) is 0 Å². The van der Waals surface area contributed by atoms with E-state index >= 15 is 0 Å². The highest BCUT2D eigenvalue weighted by molar-refractivity contribution is 7.92. The van der Waals surface area contributed by atoms with Gasteiger partial charge in [0.05, 0.1) is 22.5 Å². The summed E-state index contributed by atoms with van der Waals surface area (Å²) < 4.78 is 65.8. The molecule has 0 aliphatic heterocycles. The molecule has 0 aromatic heterocycles. The molecule has 2 amide bonds. The van der Waals surface area contributed by atoms with Gasteiger partial charge in [0.25, 0.3) is 0 Å². The van der Waals surface area contributed by atoms with Crippen molar-refractivity contribution in [1.29, 1.82) is 0 Å². The van der Waals surface area contributed by atoms with Crippen LogP contribution in [0.25, 0.3) is 0 Å². The molecule has 0 heterocycles. The molecular weight excluding hydrogens is 554 g/mol. The SMILES string of the molecule is CC[C@H](C(=O)NC(C)C)N(Cc1ccccc1Cl)C(=O)CN(c1cc(C(F)(F)F)ccc1Cl)S(C)(=O)=O. The van der Waals surface area contributed by atoms with Gasteiger partial charge < -0.3 is 10.2 Å². The van der Waals surface area contributed by atoms with Crippen LogP contribution in [0, 0.1) is 0 Å². The average Bonchev–Trinajstić information content (AvgIpc) is 2.77. The van der Waals surface area contributed by atoms with Crippen LogP contribution in [-0.2, 0) is 32.3 Å². The Labute approximate surface area is 224 Å². The molecule has 1 atom stereocenters. The van der Waals surface area contributed by atoms with Crippen molar-refractivity contribution in [3.63, 3.8) is 0 Å². The number of alkyl halides is 3. The van der Waals surface area contributed by atoms with Gasteiger partial charge in [-0.05, 0) is 50.1 Å². The lowest BCUT2D eigenvalue weighted by molar-refractivity contribution is -0.140. The van der Waals surface area contributed by atoms with Crippen molar-refractivity contribution >= 4 is 50.7 Å². The van der Waals surface area contributed by atoms with Gasteiger partial charge in [-0.2, -0.15) is 13.2 Å². The Morgan fingerprint density at radius 1 is 1.05 bits per heavy atom. The van der Waals surface area contributed by atoms with Crippen LogP contribution in [-0.4, -0.2) is 50.0 Å². The zero-order valence-corrected chi connectivity index (χ0v) is 23.0. The van der Waals surface area contributed by atoms with Crippen LogP contribution >= 0.6 is 23.2 Å². The van der Waals surface area contributed by atoms with Crippen molar-refractivity contribution in [3.05, 3.63) is 63.6 Å². The van der Waals surface area contributed by atoms with Crippen LogP contribution in [0.4, 0.5) is 18.9 Å². The number of amides is 2. The lowest BCUT2D eigenvalue weighted by Gasteiger charge is -2.33. The summed E-state index contributed by atoms with van der Waals surface area (Å²) in [5.74, 6) is -1.30. The Balaban J connectivity index is 2.56. The molecule has 0 saturated carbocycles. The monoisotopic (exact) mass is 581 g/mol. The topological polar surface area (TPSA) is 86.8 Å². The summed E-state index contributed by atoms with van der Waals surface area (Å²) >= 11 is 12.3. The van der Waals surface area contributed by atoms with Gasteiger partial charge in [-0.1, -0.05) is 48.3 Å². The van der Waals surface area contributed by atoms with Crippen molar-refractivity contribution in [2.45, 2.75) is 52.0 Å². The summed E-state index contributed by atoms with van der Waals surface area (Å²) in [6.07, 6.45) is -3.85. The van der Waals surface area contributed by atoms with Gasteiger partial charge in [-0.25, -0.2) is 8.42 Å². The normalized spacial score (nSPS) is 12.8. The summed E-state index contributed by atoms with van der Waals surface area (Å²) in [5.41, 5.74) is -1.15. The number of halogens is 5. The Kier molecular flexibility index (Phi) is 10.3. The number of carbonyl (C=O) groups excluding carboxylic acids is 2. The predicted octanol–water partition coefficient (Wildman–Crippen LogP) is 5.11. The van der Waals surface area contributed by atoms with Crippen molar-refractivity contribution in [3.8, 4) is 0 Å². The highest BCUT2D eigenvalue weighted by Gasteiger charge is 2.35. The molecule has 0 unspecified atom stereocenters. The number of nitrogens with one attached hydrogen (secondary N) is 1. The average molecular weight is 582 g/mol. The lowest BCUT2D eigenvalue weighted by Crippen LogP contribution is -2.53. The molecule has 0 fully saturated rings. The van der Waals surface area contributed by atoms with Crippen LogP contribution < -0.4 is 9.62 Å². The smallest absolute Gasteiger partial charge is 0.352 e. The van der Waals surface area contributed by atoms with E-state index in [-0.39, 0.29) is 24.0 Å². The predicted molar refractivity (Wildman–Crippen MR) is 138 cm³/mol. The van der Waals surface area contributed by atoms with Gasteiger partial charge in [0.2, 0.25) is 21.8 Å². The minimum absolute atomic E-state index is 0.142. The molecule has 0 spiro atoms. The van der Waals surface area contributed by atoms with Crippen LogP contribution in [0.2, 0.25) is 10.0 Å². The van der Waals surface area contributed by atoms with E-state index in [1.807, 2.05) is 0 Å². The fraction of sp³-hybridized carbons (Fsp3) is 0.417. The van der Waals surface area contributed by atoms with E-state index in [1.54, 1.807) is 45.0 Å². The van der Waals surface area contributed by atoms with E-state index in [9.17, 15) is 31.2 Å². The molecule has 0 aliphatic carbocycles. The van der Waals surface area contributed by atoms with Gasteiger partial charge in [-0.3, -0.25) is 13.9 Å². The Hall–Kier alpha value is -2.50. The Bertz CT molecular complexity index is 1240. The Morgan fingerprint density at radius 2 is 1.68 bits per heavy atom. The van der Waals surface area contributed by atoms with E-state index < -0.39 is 51.9 Å². The summed E-state index contributed by atoms with van der Waals surface area (Å²) in [6, 6.07) is 7.55. The zero-order chi connectivity index (χ0) is 28.1. The summed E-state index contributed by atoms with van der Waals surface area (Å²) in [6.45, 7) is 4.12. The number of carbonyl (C=O) groups is 2. The standard InChI is InChI=1S/C24H28Cl2F3N3O4S/c1-5-20(23(34)30-15(2)3)31(13-16-8-6-7-9-18(16)25)22(33)14-32(37(4,35)36)21-12-17(24(27,28)29)10-11-19(21)26/h6-12,15,20H,5,13-14H2,1-4H3,(H,30,34)/t20-/m1/s1. The maximum absolute atomic E-state index is 13.6. The molecule has 37 heavy (non-hydrogen) atoms. The van der Waals surface area contributed by atoms with Crippen molar-refractivity contribution in [2.24, 2.45) is 0 Å². The van der Waals surface area contributed by atoms with Crippen molar-refractivity contribution < 1.29 is 31.2 Å². The molecule has 7 nitrogen and oxygen atoms in total. The molecule has 1 N–H and O–H groups in total. The molecule has 0 saturated heterocycles. The second-order valence-electron chi connectivity index (χ2n) is 8.63. The fourth-order valence-corrected chi connectivity index (χ4v) is 4.90. The first-order chi connectivity index (χ1) is 17.1. The lowest BCUT2D eigenvalue weighted by atomic mass is 10.1. The molecule has 2 aromatic carbocycles. The number of nitrogens with zero attached hydrogens (tertiary/aromatic N) is 2. The number of hydrogen-bond donors (Lipinski definition) is 1. The summed E-state index contributed by atoms with van der Waals surface area (Å²) in [4.78, 5) is 27.7. The first-order valence-electron chi connectivity index (χ1n) is 11.2. The van der Waals surface area contributed by atoms with E-state index in [2.05, 4.69) is 5.32 Å². The van der Waals surface area contributed by atoms with E-state index in [4.69, 9.17) is 23.2 Å². The molecule has 0 radical (unpaired) electrons. The highest BCUT2D eigenvalue weighted by atomic mass is 35.5. The van der Waals surface area contributed by atoms with Crippen LogP contribution in [0.1, 0.15) is 38.3 Å². The zero-order valence-electron chi connectivity index (χ0n) is 20.6. The largest absolute Gasteiger partial charge is 0.416 e. The molecule has 0 aliphatic rings. The van der Waals surface area contributed by atoms with Crippen LogP contribution in [0.15, 0.2) is 42.5 Å². The van der Waals surface area contributed by atoms with E-state index in [1.165, 1.54) is 4.90 Å². The van der Waals surface area contributed by atoms with Crippen molar-refractivity contribution in [2.75, 3.05) is 17.1 Å². The molecule has 2 aromatic rings. The number of anilines is 1. The second-order valence-corrected chi connectivity index (χ2v) is 11.4. The minimum Gasteiger partial charge on any atom is -0.352 e. The third-order valence-electron chi connectivity index (χ3n) is 5.34. The van der Waals surface area contributed by atoms with Crippen molar-refractivity contribution in [1.82, 2.24) is 10.2 Å². The van der Waals surface area contributed by atoms with Gasteiger partial charge in [0, 0.05) is 17.6 Å². The fourth-order valence-electron chi connectivity index (χ4n) is 3.59. The molecule has 2 rings (SSSR count). The van der Waals surface area contributed by atoms with E-state index in [0.29, 0.717) is 27.0 Å². The quantitative estimate of drug-likeness (QED) is 0.422. The molecule has 13 heteroatoms. The minimum atomic E-state index is -4.77.